The highest BCUT2D eigenvalue weighted by Gasteiger charge is 2.06. The molecule has 0 aromatic carbocycles. The Labute approximate surface area is 73.8 Å². The molecule has 3 heteroatoms. The second-order valence-electron chi connectivity index (χ2n) is 2.69. The maximum Gasteiger partial charge on any atom is 0.141 e. The maximum atomic E-state index is 12.6. The van der Waals surface area contributed by atoms with Crippen molar-refractivity contribution in [2.75, 3.05) is 0 Å². The van der Waals surface area contributed by atoms with Crippen molar-refractivity contribution < 1.29 is 4.39 Å². The Hall–Kier alpha value is -0.440. The fraction of sp³-hybridized carbons (Fsp3) is 0.375. The predicted octanol–water partition coefficient (Wildman–Crippen LogP) is 3.11. The van der Waals surface area contributed by atoms with Crippen LogP contribution in [0.4, 0.5) is 4.39 Å². The number of nitrogens with zero attached hydrogens (tertiary/aromatic N) is 1. The molecule has 0 aliphatic heterocycles. The van der Waals surface area contributed by atoms with E-state index in [0.717, 1.165) is 10.2 Å². The minimum absolute atomic E-state index is 0.281. The molecule has 11 heavy (non-hydrogen) atoms. The van der Waals surface area contributed by atoms with Gasteiger partial charge in [0.15, 0.2) is 0 Å². The predicted molar refractivity (Wildman–Crippen MR) is 46.0 cm³/mol. The zero-order chi connectivity index (χ0) is 8.43. The Morgan fingerprint density at radius 1 is 1.55 bits per heavy atom. The number of halogens is 2. The van der Waals surface area contributed by atoms with E-state index >= 15 is 0 Å². The van der Waals surface area contributed by atoms with E-state index in [4.69, 9.17) is 0 Å². The number of aromatic nitrogens is 1. The molecule has 0 radical (unpaired) electrons. The fourth-order valence-corrected chi connectivity index (χ4v) is 1.52. The minimum atomic E-state index is -0.281. The molecule has 1 nitrogen and oxygen atoms in total. The fourth-order valence-electron chi connectivity index (χ4n) is 0.843. The molecule has 1 aromatic rings. The van der Waals surface area contributed by atoms with Crippen LogP contribution in [-0.2, 0) is 0 Å². The summed E-state index contributed by atoms with van der Waals surface area (Å²) in [6.07, 6.45) is 1.20. The Morgan fingerprint density at radius 3 is 2.64 bits per heavy atom. The van der Waals surface area contributed by atoms with Crippen LogP contribution in [0.2, 0.25) is 0 Å². The van der Waals surface area contributed by atoms with Crippen LogP contribution in [0.3, 0.4) is 0 Å². The summed E-state index contributed by atoms with van der Waals surface area (Å²) in [5.41, 5.74) is 0.907. The van der Waals surface area contributed by atoms with Gasteiger partial charge in [0.25, 0.3) is 0 Å². The summed E-state index contributed by atoms with van der Waals surface area (Å²) in [6, 6.07) is 1.50. The molecule has 0 saturated carbocycles. The van der Waals surface area contributed by atoms with Crippen LogP contribution in [0.25, 0.3) is 0 Å². The van der Waals surface area contributed by atoms with Gasteiger partial charge in [0, 0.05) is 0 Å². The number of hydrogen-bond donors (Lipinski definition) is 0. The second kappa shape index (κ2) is 3.30. The highest BCUT2D eigenvalue weighted by molar-refractivity contribution is 9.10. The van der Waals surface area contributed by atoms with Crippen LogP contribution in [0.15, 0.2) is 16.9 Å². The lowest BCUT2D eigenvalue weighted by Gasteiger charge is -2.05. The van der Waals surface area contributed by atoms with Crippen molar-refractivity contribution >= 4 is 15.9 Å². The molecule has 0 bridgehead atoms. The zero-order valence-corrected chi connectivity index (χ0v) is 8.02. The lowest BCUT2D eigenvalue weighted by atomic mass is 10.1. The molecule has 60 valence electrons. The molecular weight excluding hydrogens is 209 g/mol. The Morgan fingerprint density at radius 2 is 2.18 bits per heavy atom. The van der Waals surface area contributed by atoms with Crippen molar-refractivity contribution in [3.8, 4) is 0 Å². The van der Waals surface area contributed by atoms with E-state index < -0.39 is 0 Å². The second-order valence-corrected chi connectivity index (χ2v) is 3.44. The van der Waals surface area contributed by atoms with Gasteiger partial charge in [0.2, 0.25) is 0 Å². The van der Waals surface area contributed by atoms with Gasteiger partial charge in [-0.3, -0.25) is 0 Å². The van der Waals surface area contributed by atoms with E-state index in [1.54, 1.807) is 0 Å². The van der Waals surface area contributed by atoms with Crippen LogP contribution in [0.5, 0.6) is 0 Å². The van der Waals surface area contributed by atoms with Crippen molar-refractivity contribution in [1.82, 2.24) is 4.98 Å². The summed E-state index contributed by atoms with van der Waals surface area (Å²) in [4.78, 5) is 3.84. The monoisotopic (exact) mass is 217 g/mol. The number of rotatable bonds is 1. The first-order valence-corrected chi connectivity index (χ1v) is 4.21. The maximum absolute atomic E-state index is 12.6. The smallest absolute Gasteiger partial charge is 0.141 e. The zero-order valence-electron chi connectivity index (χ0n) is 6.44. The average molecular weight is 218 g/mol. The van der Waals surface area contributed by atoms with Crippen LogP contribution in [0, 0.1) is 5.82 Å². The molecule has 0 amide bonds. The summed E-state index contributed by atoms with van der Waals surface area (Å²) < 4.78 is 13.4. The van der Waals surface area contributed by atoms with Crippen LogP contribution >= 0.6 is 15.9 Å². The van der Waals surface area contributed by atoms with Crippen molar-refractivity contribution in [1.29, 1.82) is 0 Å². The van der Waals surface area contributed by atoms with E-state index in [-0.39, 0.29) is 5.82 Å². The molecule has 1 heterocycles. The van der Waals surface area contributed by atoms with Gasteiger partial charge in [-0.1, -0.05) is 13.8 Å². The number of hydrogen-bond acceptors (Lipinski definition) is 1. The van der Waals surface area contributed by atoms with Gasteiger partial charge in [-0.2, -0.15) is 0 Å². The lowest BCUT2D eigenvalue weighted by molar-refractivity contribution is 0.614. The van der Waals surface area contributed by atoms with Crippen LogP contribution in [0.1, 0.15) is 25.3 Å². The van der Waals surface area contributed by atoms with E-state index in [2.05, 4.69) is 20.9 Å². The third-order valence-corrected chi connectivity index (χ3v) is 2.12. The molecule has 1 rings (SSSR count). The minimum Gasteiger partial charge on any atom is -0.246 e. The molecular formula is C8H9BrFN. The molecule has 0 spiro atoms. The first-order chi connectivity index (χ1) is 5.11. The summed E-state index contributed by atoms with van der Waals surface area (Å²) in [7, 11) is 0. The molecule has 0 unspecified atom stereocenters. The normalized spacial score (nSPS) is 10.6. The average Bonchev–Trinajstić information content (AvgIpc) is 1.94. The summed E-state index contributed by atoms with van der Waals surface area (Å²) in [6.45, 7) is 4.00. The highest BCUT2D eigenvalue weighted by Crippen LogP contribution is 2.22. The standard InChI is InChI=1S/C8H9BrFN/c1-5(2)7-3-6(10)4-11-8(7)9/h3-5H,1-2H3. The third-order valence-electron chi connectivity index (χ3n) is 1.45. The molecule has 0 N–H and O–H groups in total. The molecule has 0 aliphatic rings. The largest absolute Gasteiger partial charge is 0.246 e. The van der Waals surface area contributed by atoms with Crippen molar-refractivity contribution in [2.24, 2.45) is 0 Å². The summed E-state index contributed by atoms with van der Waals surface area (Å²) in [5.74, 6) is 0.0180. The topological polar surface area (TPSA) is 12.9 Å². The van der Waals surface area contributed by atoms with Gasteiger partial charge in [0.05, 0.1) is 6.20 Å². The van der Waals surface area contributed by atoms with Crippen LogP contribution in [-0.4, -0.2) is 4.98 Å². The lowest BCUT2D eigenvalue weighted by Crippen LogP contribution is -1.92. The van der Waals surface area contributed by atoms with Gasteiger partial charge in [-0.25, -0.2) is 9.37 Å². The summed E-state index contributed by atoms with van der Waals surface area (Å²) >= 11 is 3.25. The molecule has 0 saturated heterocycles. The molecule has 0 atom stereocenters. The van der Waals surface area contributed by atoms with Gasteiger partial charge < -0.3 is 0 Å². The Balaban J connectivity index is 3.13. The molecule has 0 fully saturated rings. The highest BCUT2D eigenvalue weighted by atomic mass is 79.9. The Bertz CT molecular complexity index is 260. The van der Waals surface area contributed by atoms with E-state index in [9.17, 15) is 4.39 Å². The van der Waals surface area contributed by atoms with E-state index in [1.807, 2.05) is 13.8 Å². The van der Waals surface area contributed by atoms with Crippen LogP contribution < -0.4 is 0 Å². The summed E-state index contributed by atoms with van der Waals surface area (Å²) in [5, 5.41) is 0. The Kier molecular flexibility index (Phi) is 2.60. The van der Waals surface area contributed by atoms with Gasteiger partial charge in [-0.05, 0) is 33.5 Å². The van der Waals surface area contributed by atoms with E-state index in [1.165, 1.54) is 12.3 Å². The van der Waals surface area contributed by atoms with Gasteiger partial charge in [-0.15, -0.1) is 0 Å². The third kappa shape index (κ3) is 1.99. The molecule has 1 aromatic heterocycles. The molecule has 0 aliphatic carbocycles. The van der Waals surface area contributed by atoms with Crippen molar-refractivity contribution in [2.45, 2.75) is 19.8 Å². The number of pyridine rings is 1. The SMILES string of the molecule is CC(C)c1cc(F)cnc1Br. The van der Waals surface area contributed by atoms with Crippen molar-refractivity contribution in [3.63, 3.8) is 0 Å². The first kappa shape index (κ1) is 8.65. The van der Waals surface area contributed by atoms with Gasteiger partial charge in [0.1, 0.15) is 10.4 Å². The quantitative estimate of drug-likeness (QED) is 0.660. The van der Waals surface area contributed by atoms with E-state index in [0.29, 0.717) is 5.92 Å². The van der Waals surface area contributed by atoms with Crippen molar-refractivity contribution in [3.05, 3.63) is 28.2 Å². The first-order valence-electron chi connectivity index (χ1n) is 3.42. The van der Waals surface area contributed by atoms with Gasteiger partial charge >= 0.3 is 0 Å².